The van der Waals surface area contributed by atoms with Crippen molar-refractivity contribution in [3.05, 3.63) is 57.8 Å². The Balaban J connectivity index is 1.71. The van der Waals surface area contributed by atoms with Crippen molar-refractivity contribution in [2.45, 2.75) is 24.3 Å². The Bertz CT molecular complexity index is 908. The summed E-state index contributed by atoms with van der Waals surface area (Å²) in [5, 5.41) is 1.18. The monoisotopic (exact) mass is 417 g/mol. The van der Waals surface area contributed by atoms with Crippen molar-refractivity contribution in [1.29, 1.82) is 0 Å². The Hall–Kier alpha value is -1.87. The molecule has 1 aliphatic rings. The average molecular weight is 417 g/mol. The number of sulfone groups is 1. The summed E-state index contributed by atoms with van der Waals surface area (Å²) in [5.74, 6) is -0.513. The normalized spacial score (nSPS) is 20.3. The van der Waals surface area contributed by atoms with Crippen LogP contribution in [0.5, 0.6) is 0 Å². The van der Waals surface area contributed by atoms with Gasteiger partial charge in [-0.2, -0.15) is 13.2 Å². The minimum atomic E-state index is -4.47. The number of benzene rings is 1. The summed E-state index contributed by atoms with van der Waals surface area (Å²) in [7, 11) is -3.38. The summed E-state index contributed by atoms with van der Waals surface area (Å²) in [6.45, 7) is 0.321. The fraction of sp³-hybridized carbons (Fsp3) is 0.389. The van der Waals surface area contributed by atoms with Crippen LogP contribution in [0.25, 0.3) is 0 Å². The van der Waals surface area contributed by atoms with E-state index in [0.717, 1.165) is 17.0 Å². The quantitative estimate of drug-likeness (QED) is 0.765. The van der Waals surface area contributed by atoms with Crippen molar-refractivity contribution >= 4 is 27.1 Å². The second kappa shape index (κ2) is 7.63. The largest absolute Gasteiger partial charge is 0.416 e. The van der Waals surface area contributed by atoms with Crippen molar-refractivity contribution in [2.24, 2.45) is 0 Å². The first-order valence-electron chi connectivity index (χ1n) is 8.36. The zero-order valence-electron chi connectivity index (χ0n) is 14.3. The van der Waals surface area contributed by atoms with Crippen molar-refractivity contribution < 1.29 is 26.4 Å². The third-order valence-electron chi connectivity index (χ3n) is 4.56. The van der Waals surface area contributed by atoms with Crippen LogP contribution in [0.2, 0.25) is 0 Å². The van der Waals surface area contributed by atoms with E-state index in [9.17, 15) is 26.4 Å². The molecule has 1 amide bonds. The molecule has 3 rings (SSSR count). The molecule has 0 radical (unpaired) electrons. The van der Waals surface area contributed by atoms with Crippen LogP contribution in [0, 0.1) is 0 Å². The summed E-state index contributed by atoms with van der Waals surface area (Å²) in [5.41, 5.74) is -0.541. The Kier molecular flexibility index (Phi) is 5.62. The van der Waals surface area contributed by atoms with Gasteiger partial charge in [0.1, 0.15) is 0 Å². The molecular weight excluding hydrogens is 399 g/mol. The molecule has 1 aliphatic heterocycles. The van der Waals surface area contributed by atoms with Gasteiger partial charge < -0.3 is 4.90 Å². The van der Waals surface area contributed by atoms with Gasteiger partial charge in [0.2, 0.25) is 5.91 Å². The van der Waals surface area contributed by atoms with Gasteiger partial charge in [0.15, 0.2) is 9.84 Å². The predicted molar refractivity (Wildman–Crippen MR) is 97.2 cm³/mol. The molecule has 0 N–H and O–H groups in total. The highest BCUT2D eigenvalue weighted by Gasteiger charge is 2.34. The molecule has 2 aromatic rings. The highest BCUT2D eigenvalue weighted by molar-refractivity contribution is 7.91. The smallest absolute Gasteiger partial charge is 0.341 e. The van der Waals surface area contributed by atoms with E-state index < -0.39 is 26.8 Å². The number of carbonyl (C=O) groups excluding carboxylic acids is 1. The van der Waals surface area contributed by atoms with Crippen LogP contribution < -0.4 is 0 Å². The molecule has 0 saturated carbocycles. The number of rotatable bonds is 3. The van der Waals surface area contributed by atoms with Crippen LogP contribution in [0.15, 0.2) is 41.8 Å². The molecular formula is C18H18F3NO3S2. The van der Waals surface area contributed by atoms with Crippen molar-refractivity contribution in [3.63, 3.8) is 0 Å². The first-order valence-corrected chi connectivity index (χ1v) is 11.0. The van der Waals surface area contributed by atoms with E-state index in [0.29, 0.717) is 0 Å². The minimum absolute atomic E-state index is 0.0575. The Morgan fingerprint density at radius 2 is 1.96 bits per heavy atom. The molecule has 1 fully saturated rings. The van der Waals surface area contributed by atoms with Gasteiger partial charge >= 0.3 is 6.18 Å². The number of alkyl halides is 3. The lowest BCUT2D eigenvalue weighted by molar-refractivity contribution is -0.138. The molecule has 0 bridgehead atoms. The van der Waals surface area contributed by atoms with Gasteiger partial charge in [0.25, 0.3) is 0 Å². The van der Waals surface area contributed by atoms with Crippen LogP contribution in [0.4, 0.5) is 13.2 Å². The minimum Gasteiger partial charge on any atom is -0.341 e. The molecule has 0 aliphatic carbocycles. The molecule has 9 heteroatoms. The van der Waals surface area contributed by atoms with Gasteiger partial charge in [-0.05, 0) is 29.5 Å². The van der Waals surface area contributed by atoms with Gasteiger partial charge in [-0.1, -0.05) is 24.3 Å². The number of hydrogen-bond donors (Lipinski definition) is 0. The fourth-order valence-electron chi connectivity index (χ4n) is 3.13. The molecule has 1 saturated heterocycles. The Morgan fingerprint density at radius 1 is 1.19 bits per heavy atom. The van der Waals surface area contributed by atoms with E-state index in [1.54, 1.807) is 12.1 Å². The molecule has 1 atom stereocenters. The van der Waals surface area contributed by atoms with E-state index in [-0.39, 0.29) is 43.2 Å². The third-order valence-corrected chi connectivity index (χ3v) is 7.81. The van der Waals surface area contributed by atoms with E-state index in [1.165, 1.54) is 28.4 Å². The molecule has 1 aromatic heterocycles. The molecule has 1 aromatic carbocycles. The Morgan fingerprint density at radius 3 is 2.63 bits per heavy atom. The first-order chi connectivity index (χ1) is 12.7. The van der Waals surface area contributed by atoms with E-state index in [2.05, 4.69) is 0 Å². The summed E-state index contributed by atoms with van der Waals surface area (Å²) in [6, 6.07) is 8.21. The van der Waals surface area contributed by atoms with Gasteiger partial charge in [-0.25, -0.2) is 8.42 Å². The van der Waals surface area contributed by atoms with Crippen LogP contribution in [0.3, 0.4) is 0 Å². The topological polar surface area (TPSA) is 54.5 Å². The summed E-state index contributed by atoms with van der Waals surface area (Å²) in [4.78, 5) is 14.7. The second-order valence-corrected chi connectivity index (χ2v) is 9.70. The standard InChI is InChI=1S/C18H18F3NO3S2/c19-18(20,21)14-4-1-3-13(11-14)12-17(23)22-7-6-16(15-5-2-9-26-15)27(24,25)10-8-22/h1-5,9,11,16H,6-8,10,12H2. The maximum absolute atomic E-state index is 12.8. The number of hydrogen-bond acceptors (Lipinski definition) is 4. The number of halogens is 3. The molecule has 2 heterocycles. The number of carbonyl (C=O) groups is 1. The van der Waals surface area contributed by atoms with Crippen molar-refractivity contribution in [1.82, 2.24) is 4.90 Å². The average Bonchev–Trinajstić information content (AvgIpc) is 3.05. The molecule has 27 heavy (non-hydrogen) atoms. The zero-order valence-corrected chi connectivity index (χ0v) is 15.9. The summed E-state index contributed by atoms with van der Waals surface area (Å²) < 4.78 is 63.5. The summed E-state index contributed by atoms with van der Waals surface area (Å²) in [6.07, 6.45) is -4.37. The molecule has 0 spiro atoms. The van der Waals surface area contributed by atoms with E-state index >= 15 is 0 Å². The van der Waals surface area contributed by atoms with Gasteiger partial charge in [0.05, 0.1) is 23.0 Å². The molecule has 4 nitrogen and oxygen atoms in total. The fourth-order valence-corrected chi connectivity index (χ4v) is 6.14. The molecule has 146 valence electrons. The number of amides is 1. The van der Waals surface area contributed by atoms with Crippen LogP contribution in [-0.2, 0) is 27.2 Å². The second-order valence-electron chi connectivity index (χ2n) is 6.42. The maximum atomic E-state index is 12.8. The highest BCUT2D eigenvalue weighted by atomic mass is 32.2. The van der Waals surface area contributed by atoms with Crippen molar-refractivity contribution in [3.8, 4) is 0 Å². The van der Waals surface area contributed by atoms with E-state index in [4.69, 9.17) is 0 Å². The Labute approximate surface area is 159 Å². The lowest BCUT2D eigenvalue weighted by Gasteiger charge is -2.20. The summed E-state index contributed by atoms with van der Waals surface area (Å²) >= 11 is 1.37. The SMILES string of the molecule is O=C(Cc1cccc(C(F)(F)F)c1)N1CCC(c2cccs2)S(=O)(=O)CC1. The van der Waals surface area contributed by atoms with Crippen LogP contribution in [0.1, 0.15) is 27.7 Å². The molecule has 1 unspecified atom stereocenters. The number of thiophene rings is 1. The van der Waals surface area contributed by atoms with Crippen molar-refractivity contribution in [2.75, 3.05) is 18.8 Å². The van der Waals surface area contributed by atoms with Gasteiger partial charge in [-0.15, -0.1) is 11.3 Å². The van der Waals surface area contributed by atoms with Gasteiger partial charge in [-0.3, -0.25) is 4.79 Å². The van der Waals surface area contributed by atoms with Crippen LogP contribution >= 0.6 is 11.3 Å². The zero-order chi connectivity index (χ0) is 19.7. The lowest BCUT2D eigenvalue weighted by Crippen LogP contribution is -2.34. The predicted octanol–water partition coefficient (Wildman–Crippen LogP) is 3.70. The van der Waals surface area contributed by atoms with E-state index in [1.807, 2.05) is 5.38 Å². The van der Waals surface area contributed by atoms with Crippen LogP contribution in [-0.4, -0.2) is 38.1 Å². The third kappa shape index (κ3) is 4.70. The van der Waals surface area contributed by atoms with Gasteiger partial charge in [0, 0.05) is 18.0 Å². The maximum Gasteiger partial charge on any atom is 0.416 e. The highest BCUT2D eigenvalue weighted by Crippen LogP contribution is 2.33. The first kappa shape index (κ1) is 19.9. The lowest BCUT2D eigenvalue weighted by atomic mass is 10.1. The number of nitrogens with zero attached hydrogens (tertiary/aromatic N) is 1.